The highest BCUT2D eigenvalue weighted by Crippen LogP contribution is 2.21. The Bertz CT molecular complexity index is 878. The van der Waals surface area contributed by atoms with E-state index in [-0.39, 0.29) is 0 Å². The Kier molecular flexibility index (Phi) is 12.7. The largest absolute Gasteiger partial charge is 0.462 e. The van der Waals surface area contributed by atoms with E-state index < -0.39 is 89.3 Å². The average molecular weight is 514 g/mol. The zero-order valence-corrected chi connectivity index (χ0v) is 19.8. The standard InChI is InChI=1S/C18H26O15S/c1-9(19)29-8-14(30-10(2)20)15(31-11(3)21)16(32-12(4)22)17(33-13(5)23)18(24)28-6-7-34(25,26)27/h14-17H,6-8H2,1-5H3,(H,25,26,27)/t14-,15-,16+,17-/m1/s1. The first-order valence-corrected chi connectivity index (χ1v) is 11.1. The van der Waals surface area contributed by atoms with Crippen LogP contribution in [0, 0.1) is 0 Å². The van der Waals surface area contributed by atoms with E-state index in [1.807, 2.05) is 0 Å². The van der Waals surface area contributed by atoms with E-state index in [9.17, 15) is 37.2 Å². The molecule has 0 heterocycles. The van der Waals surface area contributed by atoms with E-state index in [2.05, 4.69) is 4.74 Å². The summed E-state index contributed by atoms with van der Waals surface area (Å²) in [4.78, 5) is 70.5. The highest BCUT2D eigenvalue weighted by molar-refractivity contribution is 7.85. The number of ether oxygens (including phenoxy) is 6. The Morgan fingerprint density at radius 1 is 0.676 bits per heavy atom. The van der Waals surface area contributed by atoms with Crippen LogP contribution in [0.25, 0.3) is 0 Å². The number of esters is 6. The maximum absolute atomic E-state index is 12.6. The van der Waals surface area contributed by atoms with Gasteiger partial charge < -0.3 is 28.4 Å². The lowest BCUT2D eigenvalue weighted by molar-refractivity contribution is -0.208. The van der Waals surface area contributed by atoms with Gasteiger partial charge in [0, 0.05) is 34.6 Å². The summed E-state index contributed by atoms with van der Waals surface area (Å²) in [6, 6.07) is 0. The Labute approximate surface area is 194 Å². The normalized spacial score (nSPS) is 14.4. The minimum atomic E-state index is -4.53. The lowest BCUT2D eigenvalue weighted by Gasteiger charge is -2.34. The van der Waals surface area contributed by atoms with Crippen LogP contribution in [0.5, 0.6) is 0 Å². The predicted molar refractivity (Wildman–Crippen MR) is 106 cm³/mol. The summed E-state index contributed by atoms with van der Waals surface area (Å²) in [6.07, 6.45) is -7.70. The molecule has 4 atom stereocenters. The van der Waals surface area contributed by atoms with Gasteiger partial charge in [0.15, 0.2) is 18.3 Å². The van der Waals surface area contributed by atoms with Crippen LogP contribution in [0.4, 0.5) is 0 Å². The van der Waals surface area contributed by atoms with Crippen molar-refractivity contribution in [3.05, 3.63) is 0 Å². The van der Waals surface area contributed by atoms with Crippen molar-refractivity contribution in [1.29, 1.82) is 0 Å². The molecule has 1 N–H and O–H groups in total. The summed E-state index contributed by atoms with van der Waals surface area (Å²) in [5.74, 6) is -7.45. The molecule has 16 heteroatoms. The highest BCUT2D eigenvalue weighted by atomic mass is 32.2. The van der Waals surface area contributed by atoms with E-state index in [1.54, 1.807) is 0 Å². The summed E-state index contributed by atoms with van der Waals surface area (Å²) in [5, 5.41) is 0. The third-order valence-electron chi connectivity index (χ3n) is 3.47. The molecule has 194 valence electrons. The van der Waals surface area contributed by atoms with E-state index in [1.165, 1.54) is 0 Å². The molecule has 0 aromatic rings. The highest BCUT2D eigenvalue weighted by Gasteiger charge is 2.47. The van der Waals surface area contributed by atoms with Crippen LogP contribution in [0.1, 0.15) is 34.6 Å². The zero-order chi connectivity index (χ0) is 26.6. The van der Waals surface area contributed by atoms with Gasteiger partial charge in [-0.2, -0.15) is 8.42 Å². The molecule has 0 spiro atoms. The van der Waals surface area contributed by atoms with Crippen LogP contribution in [0.3, 0.4) is 0 Å². The summed E-state index contributed by atoms with van der Waals surface area (Å²) >= 11 is 0. The van der Waals surface area contributed by atoms with Crippen molar-refractivity contribution >= 4 is 45.9 Å². The van der Waals surface area contributed by atoms with Gasteiger partial charge in [-0.1, -0.05) is 0 Å². The molecule has 15 nitrogen and oxygen atoms in total. The van der Waals surface area contributed by atoms with Crippen molar-refractivity contribution in [2.24, 2.45) is 0 Å². The topological polar surface area (TPSA) is 212 Å². The van der Waals surface area contributed by atoms with Crippen LogP contribution >= 0.6 is 0 Å². The number of hydrogen-bond acceptors (Lipinski definition) is 14. The molecule has 0 aliphatic carbocycles. The molecular formula is C18H26O15S. The second-order valence-electron chi connectivity index (χ2n) is 6.58. The summed E-state index contributed by atoms with van der Waals surface area (Å²) in [5.41, 5.74) is 0. The van der Waals surface area contributed by atoms with Gasteiger partial charge in [0.05, 0.1) is 0 Å². The molecule has 0 aromatic heterocycles. The SMILES string of the molecule is CC(=O)OC[C@@H](OC(C)=O)[C@@H](OC(C)=O)[C@H](OC(C)=O)[C@@H](OC(C)=O)C(=O)OCCS(=O)(=O)O. The van der Waals surface area contributed by atoms with Gasteiger partial charge >= 0.3 is 35.8 Å². The van der Waals surface area contributed by atoms with Crippen LogP contribution in [-0.4, -0.2) is 92.2 Å². The molecule has 0 bridgehead atoms. The molecule has 0 unspecified atom stereocenters. The third-order valence-corrected chi connectivity index (χ3v) is 4.15. The number of rotatable bonds is 13. The summed E-state index contributed by atoms with van der Waals surface area (Å²) < 4.78 is 59.9. The lowest BCUT2D eigenvalue weighted by Crippen LogP contribution is -2.55. The van der Waals surface area contributed by atoms with Crippen LogP contribution < -0.4 is 0 Å². The third kappa shape index (κ3) is 13.3. The molecule has 0 saturated heterocycles. The molecule has 0 aliphatic heterocycles. The quantitative estimate of drug-likeness (QED) is 0.172. The van der Waals surface area contributed by atoms with E-state index >= 15 is 0 Å². The van der Waals surface area contributed by atoms with Gasteiger partial charge in [0.1, 0.15) is 19.0 Å². The fourth-order valence-electron chi connectivity index (χ4n) is 2.41. The van der Waals surface area contributed by atoms with E-state index in [0.29, 0.717) is 0 Å². The minimum absolute atomic E-state index is 0.727. The van der Waals surface area contributed by atoms with E-state index in [4.69, 9.17) is 28.2 Å². The van der Waals surface area contributed by atoms with Crippen LogP contribution in [0.15, 0.2) is 0 Å². The van der Waals surface area contributed by atoms with Crippen molar-refractivity contribution in [2.45, 2.75) is 59.0 Å². The van der Waals surface area contributed by atoms with Gasteiger partial charge in [-0.15, -0.1) is 0 Å². The first kappa shape index (κ1) is 30.7. The Morgan fingerprint density at radius 2 is 1.15 bits per heavy atom. The first-order chi connectivity index (χ1) is 15.5. The van der Waals surface area contributed by atoms with Gasteiger partial charge in [-0.25, -0.2) is 4.79 Å². The second kappa shape index (κ2) is 14.1. The Morgan fingerprint density at radius 3 is 1.56 bits per heavy atom. The fraction of sp³-hybridized carbons (Fsp3) is 0.667. The van der Waals surface area contributed by atoms with Gasteiger partial charge in [0.25, 0.3) is 10.1 Å². The van der Waals surface area contributed by atoms with Crippen molar-refractivity contribution in [3.63, 3.8) is 0 Å². The maximum atomic E-state index is 12.6. The maximum Gasteiger partial charge on any atom is 0.351 e. The Hall–Kier alpha value is -3.27. The predicted octanol–water partition coefficient (Wildman–Crippen LogP) is -1.29. The number of carbonyl (C=O) groups excluding carboxylic acids is 6. The smallest absolute Gasteiger partial charge is 0.351 e. The lowest BCUT2D eigenvalue weighted by atomic mass is 10.0. The molecule has 0 fully saturated rings. The first-order valence-electron chi connectivity index (χ1n) is 9.47. The summed E-state index contributed by atoms with van der Waals surface area (Å²) in [6.45, 7) is 3.03. The van der Waals surface area contributed by atoms with Gasteiger partial charge in [-0.05, 0) is 0 Å². The van der Waals surface area contributed by atoms with Crippen LogP contribution in [-0.2, 0) is 67.3 Å². The molecule has 0 rings (SSSR count). The van der Waals surface area contributed by atoms with Gasteiger partial charge in [-0.3, -0.25) is 28.5 Å². The van der Waals surface area contributed by atoms with E-state index in [0.717, 1.165) is 34.6 Å². The average Bonchev–Trinajstić information content (AvgIpc) is 2.64. The molecule has 34 heavy (non-hydrogen) atoms. The molecule has 0 amide bonds. The zero-order valence-electron chi connectivity index (χ0n) is 19.0. The Balaban J connectivity index is 6.37. The summed E-state index contributed by atoms with van der Waals surface area (Å²) in [7, 11) is -4.53. The van der Waals surface area contributed by atoms with Crippen molar-refractivity contribution in [2.75, 3.05) is 19.0 Å². The molecule has 0 aliphatic rings. The van der Waals surface area contributed by atoms with Crippen molar-refractivity contribution in [1.82, 2.24) is 0 Å². The molecular weight excluding hydrogens is 488 g/mol. The monoisotopic (exact) mass is 514 g/mol. The minimum Gasteiger partial charge on any atom is -0.462 e. The van der Waals surface area contributed by atoms with Gasteiger partial charge in [0.2, 0.25) is 6.10 Å². The number of carbonyl (C=O) groups is 6. The molecule has 0 saturated carbocycles. The fourth-order valence-corrected chi connectivity index (χ4v) is 2.70. The number of hydrogen-bond donors (Lipinski definition) is 1. The van der Waals surface area contributed by atoms with Crippen LogP contribution in [0.2, 0.25) is 0 Å². The molecule has 0 radical (unpaired) electrons. The van der Waals surface area contributed by atoms with Crippen molar-refractivity contribution in [3.8, 4) is 0 Å². The molecule has 0 aromatic carbocycles. The van der Waals surface area contributed by atoms with Crippen molar-refractivity contribution < 1.29 is 70.2 Å². The second-order valence-corrected chi connectivity index (χ2v) is 8.15.